The van der Waals surface area contributed by atoms with Crippen LogP contribution < -0.4 is 5.56 Å². The van der Waals surface area contributed by atoms with Gasteiger partial charge in [0.2, 0.25) is 5.56 Å². The zero-order valence-electron chi connectivity index (χ0n) is 10.5. The van der Waals surface area contributed by atoms with Crippen LogP contribution in [0, 0.1) is 0 Å². The van der Waals surface area contributed by atoms with E-state index in [1.807, 2.05) is 6.92 Å². The van der Waals surface area contributed by atoms with Crippen LogP contribution in [0.15, 0.2) is 23.1 Å². The Hall–Kier alpha value is -1.62. The summed E-state index contributed by atoms with van der Waals surface area (Å²) in [4.78, 5) is 27.6. The molecule has 0 unspecified atom stereocenters. The quantitative estimate of drug-likeness (QED) is 0.871. The summed E-state index contributed by atoms with van der Waals surface area (Å²) >= 11 is 0. The third-order valence-corrected chi connectivity index (χ3v) is 3.15. The van der Waals surface area contributed by atoms with Gasteiger partial charge in [-0.1, -0.05) is 0 Å². The monoisotopic (exact) mass is 250 g/mol. The molecule has 5 nitrogen and oxygen atoms in total. The van der Waals surface area contributed by atoms with Crippen LogP contribution in [0.5, 0.6) is 0 Å². The number of piperidine rings is 1. The lowest BCUT2D eigenvalue weighted by Gasteiger charge is -2.31. The summed E-state index contributed by atoms with van der Waals surface area (Å²) < 4.78 is 5.54. The minimum absolute atomic E-state index is 0.0731. The van der Waals surface area contributed by atoms with Crippen molar-refractivity contribution in [2.24, 2.45) is 0 Å². The number of aromatic nitrogens is 1. The molecule has 18 heavy (non-hydrogen) atoms. The lowest BCUT2D eigenvalue weighted by Crippen LogP contribution is -2.41. The van der Waals surface area contributed by atoms with Crippen molar-refractivity contribution in [3.05, 3.63) is 34.2 Å². The van der Waals surface area contributed by atoms with Gasteiger partial charge in [-0.05, 0) is 25.8 Å². The maximum absolute atomic E-state index is 12.1. The molecule has 98 valence electrons. The standard InChI is InChI=1S/C13H18N2O3/c1-2-18-11-4-7-15(8-5-11)13(17)10-3-6-14-12(16)9-10/h3,6,9,11H,2,4-5,7-8H2,1H3,(H,14,16). The van der Waals surface area contributed by atoms with E-state index in [2.05, 4.69) is 4.98 Å². The van der Waals surface area contributed by atoms with Crippen molar-refractivity contribution in [2.75, 3.05) is 19.7 Å². The maximum Gasteiger partial charge on any atom is 0.254 e. The van der Waals surface area contributed by atoms with Gasteiger partial charge in [-0.3, -0.25) is 9.59 Å². The van der Waals surface area contributed by atoms with Gasteiger partial charge in [-0.2, -0.15) is 0 Å². The molecule has 0 aromatic carbocycles. The summed E-state index contributed by atoms with van der Waals surface area (Å²) in [6.07, 6.45) is 3.49. The summed E-state index contributed by atoms with van der Waals surface area (Å²) in [5.41, 5.74) is 0.207. The molecule has 1 aromatic rings. The first-order valence-electron chi connectivity index (χ1n) is 6.30. The fourth-order valence-electron chi connectivity index (χ4n) is 2.22. The minimum Gasteiger partial charge on any atom is -0.378 e. The number of ether oxygens (including phenoxy) is 1. The van der Waals surface area contributed by atoms with Gasteiger partial charge in [-0.15, -0.1) is 0 Å². The van der Waals surface area contributed by atoms with Gasteiger partial charge in [0.15, 0.2) is 0 Å². The van der Waals surface area contributed by atoms with Crippen LogP contribution in [0.2, 0.25) is 0 Å². The highest BCUT2D eigenvalue weighted by molar-refractivity contribution is 5.94. The largest absolute Gasteiger partial charge is 0.378 e. The molecular formula is C13H18N2O3. The molecule has 1 aliphatic rings. The first-order valence-corrected chi connectivity index (χ1v) is 6.30. The number of hydrogen-bond acceptors (Lipinski definition) is 3. The molecule has 0 spiro atoms. The number of pyridine rings is 1. The highest BCUT2D eigenvalue weighted by Gasteiger charge is 2.23. The van der Waals surface area contributed by atoms with E-state index in [0.717, 1.165) is 12.8 Å². The summed E-state index contributed by atoms with van der Waals surface area (Å²) in [7, 11) is 0. The molecule has 0 aliphatic carbocycles. The molecule has 1 aromatic heterocycles. The maximum atomic E-state index is 12.1. The topological polar surface area (TPSA) is 62.4 Å². The van der Waals surface area contributed by atoms with E-state index in [1.54, 1.807) is 11.0 Å². The fraction of sp³-hybridized carbons (Fsp3) is 0.538. The summed E-state index contributed by atoms with van der Waals surface area (Å²) in [6, 6.07) is 2.98. The van der Waals surface area contributed by atoms with E-state index >= 15 is 0 Å². The second-order valence-electron chi connectivity index (χ2n) is 4.39. The number of likely N-dealkylation sites (tertiary alicyclic amines) is 1. The van der Waals surface area contributed by atoms with Crippen molar-refractivity contribution < 1.29 is 9.53 Å². The number of aromatic amines is 1. The third kappa shape index (κ3) is 2.98. The highest BCUT2D eigenvalue weighted by atomic mass is 16.5. The van der Waals surface area contributed by atoms with Gasteiger partial charge >= 0.3 is 0 Å². The number of H-pyrrole nitrogens is 1. The predicted molar refractivity (Wildman–Crippen MR) is 67.6 cm³/mol. The average molecular weight is 250 g/mol. The number of carbonyl (C=O) groups excluding carboxylic acids is 1. The molecule has 0 bridgehead atoms. The number of carbonyl (C=O) groups is 1. The lowest BCUT2D eigenvalue weighted by molar-refractivity contribution is 0.0146. The molecule has 0 saturated carbocycles. The molecule has 2 heterocycles. The van der Waals surface area contributed by atoms with Crippen LogP contribution in [0.4, 0.5) is 0 Å². The van der Waals surface area contributed by atoms with Crippen LogP contribution in [0.3, 0.4) is 0 Å². The number of hydrogen-bond donors (Lipinski definition) is 1. The summed E-state index contributed by atoms with van der Waals surface area (Å²) in [5.74, 6) is -0.0731. The Bertz CT molecular complexity index is 461. The zero-order valence-corrected chi connectivity index (χ0v) is 10.5. The average Bonchev–Trinajstić information content (AvgIpc) is 2.39. The Morgan fingerprint density at radius 2 is 2.22 bits per heavy atom. The first-order chi connectivity index (χ1) is 8.70. The smallest absolute Gasteiger partial charge is 0.254 e. The van der Waals surface area contributed by atoms with Crippen molar-refractivity contribution in [3.8, 4) is 0 Å². The van der Waals surface area contributed by atoms with Gasteiger partial charge in [0.25, 0.3) is 5.91 Å². The van der Waals surface area contributed by atoms with E-state index < -0.39 is 0 Å². The van der Waals surface area contributed by atoms with Gasteiger partial charge < -0.3 is 14.6 Å². The first kappa shape index (κ1) is 12.8. The Kier molecular flexibility index (Phi) is 4.15. The van der Waals surface area contributed by atoms with Crippen LogP contribution in [-0.4, -0.2) is 41.6 Å². The van der Waals surface area contributed by atoms with E-state index in [0.29, 0.717) is 25.3 Å². The Morgan fingerprint density at radius 1 is 1.50 bits per heavy atom. The van der Waals surface area contributed by atoms with Crippen molar-refractivity contribution in [1.29, 1.82) is 0 Å². The molecule has 1 aliphatic heterocycles. The molecule has 0 radical (unpaired) electrons. The van der Waals surface area contributed by atoms with Crippen LogP contribution >= 0.6 is 0 Å². The molecule has 1 fully saturated rings. The van der Waals surface area contributed by atoms with E-state index in [9.17, 15) is 9.59 Å². The summed E-state index contributed by atoms with van der Waals surface area (Å²) in [6.45, 7) is 4.08. The van der Waals surface area contributed by atoms with Crippen molar-refractivity contribution in [2.45, 2.75) is 25.9 Å². The van der Waals surface area contributed by atoms with E-state index in [-0.39, 0.29) is 17.6 Å². The lowest BCUT2D eigenvalue weighted by atomic mass is 10.1. The van der Waals surface area contributed by atoms with Crippen molar-refractivity contribution >= 4 is 5.91 Å². The van der Waals surface area contributed by atoms with Crippen molar-refractivity contribution in [1.82, 2.24) is 9.88 Å². The third-order valence-electron chi connectivity index (χ3n) is 3.15. The van der Waals surface area contributed by atoms with Crippen LogP contribution in [0.1, 0.15) is 30.1 Å². The molecule has 1 saturated heterocycles. The van der Waals surface area contributed by atoms with Gasteiger partial charge in [0.05, 0.1) is 6.10 Å². The molecule has 1 N–H and O–H groups in total. The van der Waals surface area contributed by atoms with Crippen LogP contribution in [-0.2, 0) is 4.74 Å². The van der Waals surface area contributed by atoms with Gasteiger partial charge in [-0.25, -0.2) is 0 Å². The molecule has 1 amide bonds. The number of amides is 1. The fourth-order valence-corrected chi connectivity index (χ4v) is 2.22. The molecular weight excluding hydrogens is 232 g/mol. The van der Waals surface area contributed by atoms with Gasteiger partial charge in [0.1, 0.15) is 0 Å². The molecule has 0 atom stereocenters. The van der Waals surface area contributed by atoms with E-state index in [4.69, 9.17) is 4.74 Å². The minimum atomic E-state index is -0.245. The number of nitrogens with one attached hydrogen (secondary N) is 1. The van der Waals surface area contributed by atoms with E-state index in [1.165, 1.54) is 12.3 Å². The SMILES string of the molecule is CCOC1CCN(C(=O)c2cc[nH]c(=O)c2)CC1. The predicted octanol–water partition coefficient (Wildman–Crippen LogP) is 1.02. The summed E-state index contributed by atoms with van der Waals surface area (Å²) in [5, 5.41) is 0. The Balaban J connectivity index is 1.97. The van der Waals surface area contributed by atoms with Crippen LogP contribution in [0.25, 0.3) is 0 Å². The Morgan fingerprint density at radius 3 is 2.83 bits per heavy atom. The number of rotatable bonds is 3. The number of nitrogens with zero attached hydrogens (tertiary/aromatic N) is 1. The molecule has 2 rings (SSSR count). The molecule has 5 heteroatoms. The normalized spacial score (nSPS) is 16.8. The van der Waals surface area contributed by atoms with Gasteiger partial charge in [0, 0.05) is 37.5 Å². The highest BCUT2D eigenvalue weighted by Crippen LogP contribution is 2.15. The van der Waals surface area contributed by atoms with Crippen molar-refractivity contribution in [3.63, 3.8) is 0 Å². The Labute approximate surface area is 106 Å². The second-order valence-corrected chi connectivity index (χ2v) is 4.39. The zero-order chi connectivity index (χ0) is 13.0. The second kappa shape index (κ2) is 5.82.